The van der Waals surface area contributed by atoms with E-state index in [4.69, 9.17) is 33.2 Å². The zero-order valence-electron chi connectivity index (χ0n) is 29.1. The number of carbonyl (C=O) groups excluding carboxylic acids is 4. The number of esters is 2. The van der Waals surface area contributed by atoms with Crippen molar-refractivity contribution in [2.75, 3.05) is 19.8 Å². The van der Waals surface area contributed by atoms with Crippen molar-refractivity contribution in [1.82, 2.24) is 10.6 Å². The molecule has 8 atom stereocenters. The fourth-order valence-corrected chi connectivity index (χ4v) is 6.84. The Kier molecular flexibility index (Phi) is 11.7. The van der Waals surface area contributed by atoms with Crippen LogP contribution >= 0.6 is 0 Å². The van der Waals surface area contributed by atoms with Gasteiger partial charge in [-0.25, -0.2) is 9.59 Å². The predicted molar refractivity (Wildman–Crippen MR) is 186 cm³/mol. The van der Waals surface area contributed by atoms with Gasteiger partial charge in [-0.2, -0.15) is 0 Å². The molecule has 0 bridgehead atoms. The van der Waals surface area contributed by atoms with Gasteiger partial charge in [0.2, 0.25) is 5.91 Å². The van der Waals surface area contributed by atoms with E-state index in [0.29, 0.717) is 0 Å². The molecule has 0 saturated carbocycles. The van der Waals surface area contributed by atoms with Crippen LogP contribution in [0.1, 0.15) is 49.7 Å². The Morgan fingerprint density at radius 3 is 2.19 bits per heavy atom. The molecule has 6 rings (SSSR count). The van der Waals surface area contributed by atoms with Gasteiger partial charge in [-0.05, 0) is 29.2 Å². The summed E-state index contributed by atoms with van der Waals surface area (Å²) in [5, 5.41) is 5.36. The fourth-order valence-electron chi connectivity index (χ4n) is 6.84. The van der Waals surface area contributed by atoms with Crippen LogP contribution in [0.2, 0.25) is 0 Å². The maximum atomic E-state index is 13.3. The van der Waals surface area contributed by atoms with Gasteiger partial charge in [0.25, 0.3) is 0 Å². The number of benzene rings is 3. The second-order valence-corrected chi connectivity index (χ2v) is 12.7. The minimum absolute atomic E-state index is 0.0109. The van der Waals surface area contributed by atoms with Crippen LogP contribution in [0, 0.1) is 0 Å². The SMILES string of the molecule is C=CCOC(=O)[C@@H](NC(=O)OCC1c2ccccc2-c2ccccc21)[C@@H](C)OC1OC2COC(c3ccccc3)OC2C(OC(C)=O)C1NC(C)=O. The van der Waals surface area contributed by atoms with Crippen molar-refractivity contribution in [3.8, 4) is 11.1 Å². The van der Waals surface area contributed by atoms with Crippen LogP contribution in [0.5, 0.6) is 0 Å². The van der Waals surface area contributed by atoms with Crippen LogP contribution in [0.3, 0.4) is 0 Å². The summed E-state index contributed by atoms with van der Waals surface area (Å²) in [5.41, 5.74) is 4.94. The van der Waals surface area contributed by atoms with Crippen molar-refractivity contribution in [1.29, 1.82) is 0 Å². The first kappa shape index (κ1) is 36.7. The zero-order chi connectivity index (χ0) is 36.8. The first-order valence-electron chi connectivity index (χ1n) is 17.1. The third-order valence-electron chi connectivity index (χ3n) is 9.12. The normalized spacial score (nSPS) is 24.5. The lowest BCUT2D eigenvalue weighted by Gasteiger charge is -2.49. The van der Waals surface area contributed by atoms with Crippen molar-refractivity contribution in [3.63, 3.8) is 0 Å². The van der Waals surface area contributed by atoms with E-state index in [-0.39, 0.29) is 25.7 Å². The molecule has 2 fully saturated rings. The number of amides is 2. The molecule has 1 aliphatic carbocycles. The van der Waals surface area contributed by atoms with Crippen LogP contribution in [0.15, 0.2) is 91.5 Å². The first-order valence-corrected chi connectivity index (χ1v) is 17.1. The molecule has 52 heavy (non-hydrogen) atoms. The standard InChI is InChI=1S/C39H42N2O11/c1-5-19-46-36(44)32(41-39(45)48-20-30-28-17-11-9-15-26(28)27-16-10-12-18-29(27)30)22(2)49-38-33(40-23(3)42)35(50-24(4)43)34-31(51-38)21-47-37(52-34)25-13-7-6-8-14-25/h5-18,22,30-35,37-38H,1,19-21H2,2-4H3,(H,40,42)(H,41,45)/t22-,31?,32+,33?,34?,35?,37?,38?/m1/s1. The quantitative estimate of drug-likeness (QED) is 0.157. The van der Waals surface area contributed by atoms with Crippen molar-refractivity contribution in [2.24, 2.45) is 0 Å². The molecular formula is C39H42N2O11. The average Bonchev–Trinajstić information content (AvgIpc) is 3.46. The molecule has 2 heterocycles. The molecule has 13 nitrogen and oxygen atoms in total. The Morgan fingerprint density at radius 1 is 0.904 bits per heavy atom. The molecule has 13 heteroatoms. The first-order chi connectivity index (χ1) is 25.1. The molecule has 3 aliphatic rings. The van der Waals surface area contributed by atoms with Crippen molar-refractivity contribution < 1.29 is 52.3 Å². The molecule has 274 valence electrons. The highest BCUT2D eigenvalue weighted by Gasteiger charge is 2.53. The summed E-state index contributed by atoms with van der Waals surface area (Å²) in [5.74, 6) is -2.12. The lowest BCUT2D eigenvalue weighted by Crippen LogP contribution is -2.68. The van der Waals surface area contributed by atoms with Gasteiger partial charge in [0.1, 0.15) is 31.5 Å². The Bertz CT molecular complexity index is 1720. The van der Waals surface area contributed by atoms with Gasteiger partial charge in [-0.1, -0.05) is 91.5 Å². The third-order valence-corrected chi connectivity index (χ3v) is 9.12. The number of ether oxygens (including phenoxy) is 7. The van der Waals surface area contributed by atoms with Gasteiger partial charge >= 0.3 is 18.0 Å². The summed E-state index contributed by atoms with van der Waals surface area (Å²) in [7, 11) is 0. The molecule has 6 unspecified atom stereocenters. The monoisotopic (exact) mass is 714 g/mol. The van der Waals surface area contributed by atoms with Crippen molar-refractivity contribution >= 4 is 23.9 Å². The van der Waals surface area contributed by atoms with Crippen LogP contribution < -0.4 is 10.6 Å². The van der Waals surface area contributed by atoms with Gasteiger partial charge in [0, 0.05) is 25.3 Å². The Labute approximate surface area is 301 Å². The topological polar surface area (TPSA) is 157 Å². The molecule has 2 N–H and O–H groups in total. The second-order valence-electron chi connectivity index (χ2n) is 12.7. The molecule has 0 aromatic heterocycles. The molecule has 2 amide bonds. The van der Waals surface area contributed by atoms with E-state index in [1.54, 1.807) is 0 Å². The van der Waals surface area contributed by atoms with Crippen LogP contribution in [-0.2, 0) is 47.5 Å². The minimum atomic E-state index is -1.39. The van der Waals surface area contributed by atoms with E-state index in [9.17, 15) is 19.2 Å². The molecule has 0 radical (unpaired) electrons. The van der Waals surface area contributed by atoms with Crippen molar-refractivity contribution in [2.45, 2.75) is 75.8 Å². The second kappa shape index (κ2) is 16.5. The summed E-state index contributed by atoms with van der Waals surface area (Å²) in [6.45, 7) is 7.57. The summed E-state index contributed by atoms with van der Waals surface area (Å²) in [6.07, 6.45) is -5.41. The van der Waals surface area contributed by atoms with Gasteiger partial charge in [-0.15, -0.1) is 0 Å². The zero-order valence-corrected chi connectivity index (χ0v) is 29.1. The molecule has 3 aromatic rings. The number of alkyl carbamates (subject to hydrolysis) is 1. The highest BCUT2D eigenvalue weighted by molar-refractivity contribution is 5.82. The molecular weight excluding hydrogens is 672 g/mol. The molecule has 3 aromatic carbocycles. The summed E-state index contributed by atoms with van der Waals surface area (Å²) >= 11 is 0. The Morgan fingerprint density at radius 2 is 1.56 bits per heavy atom. The number of hydrogen-bond donors (Lipinski definition) is 2. The van der Waals surface area contributed by atoms with Gasteiger partial charge in [0.15, 0.2) is 24.7 Å². The lowest BCUT2D eigenvalue weighted by molar-refractivity contribution is -0.349. The summed E-state index contributed by atoms with van der Waals surface area (Å²) in [4.78, 5) is 51.5. The molecule has 2 aliphatic heterocycles. The van der Waals surface area contributed by atoms with Gasteiger partial charge < -0.3 is 43.8 Å². The maximum absolute atomic E-state index is 13.3. The number of carbonyl (C=O) groups is 4. The average molecular weight is 715 g/mol. The van der Waals surface area contributed by atoms with E-state index < -0.39 is 73.0 Å². The number of fused-ring (bicyclic) bond motifs is 4. The van der Waals surface area contributed by atoms with E-state index >= 15 is 0 Å². The van der Waals surface area contributed by atoms with Crippen LogP contribution in [0.4, 0.5) is 4.79 Å². The van der Waals surface area contributed by atoms with Crippen molar-refractivity contribution in [3.05, 3.63) is 108 Å². The number of hydrogen-bond acceptors (Lipinski definition) is 11. The maximum Gasteiger partial charge on any atom is 0.407 e. The van der Waals surface area contributed by atoms with Gasteiger partial charge in [-0.3, -0.25) is 9.59 Å². The third kappa shape index (κ3) is 8.18. The summed E-state index contributed by atoms with van der Waals surface area (Å²) in [6, 6.07) is 22.6. The predicted octanol–water partition coefficient (Wildman–Crippen LogP) is 4.30. The van der Waals surface area contributed by atoms with Gasteiger partial charge in [0.05, 0.1) is 12.7 Å². The Balaban J connectivity index is 1.19. The van der Waals surface area contributed by atoms with E-state index in [2.05, 4.69) is 17.2 Å². The molecule has 0 spiro atoms. The van der Waals surface area contributed by atoms with E-state index in [1.807, 2.05) is 78.9 Å². The van der Waals surface area contributed by atoms with E-state index in [0.717, 1.165) is 27.8 Å². The largest absolute Gasteiger partial charge is 0.460 e. The number of rotatable bonds is 12. The highest BCUT2D eigenvalue weighted by atomic mass is 16.8. The molecule has 2 saturated heterocycles. The minimum Gasteiger partial charge on any atom is -0.460 e. The Hall–Kier alpha value is -5.08. The summed E-state index contributed by atoms with van der Waals surface area (Å²) < 4.78 is 41.5. The fraction of sp³-hybridized carbons (Fsp3) is 0.385. The lowest BCUT2D eigenvalue weighted by atomic mass is 9.95. The van der Waals surface area contributed by atoms with Crippen LogP contribution in [-0.4, -0.2) is 86.5 Å². The van der Waals surface area contributed by atoms with E-state index in [1.165, 1.54) is 26.8 Å². The highest BCUT2D eigenvalue weighted by Crippen LogP contribution is 2.44. The smallest absolute Gasteiger partial charge is 0.407 e. The van der Waals surface area contributed by atoms with Crippen LogP contribution in [0.25, 0.3) is 11.1 Å². The number of nitrogens with one attached hydrogen (secondary N) is 2.